The molecule has 1 unspecified atom stereocenters. The Morgan fingerprint density at radius 3 is 2.69 bits per heavy atom. The lowest BCUT2D eigenvalue weighted by molar-refractivity contribution is 0.415. The number of hydrogen-bond acceptors (Lipinski definition) is 6. The molecule has 0 aliphatic carbocycles. The minimum absolute atomic E-state index is 0.160. The molecule has 5 nitrogen and oxygen atoms in total. The zero-order valence-electron chi connectivity index (χ0n) is 9.52. The van der Waals surface area contributed by atoms with Gasteiger partial charge >= 0.3 is 0 Å². The Hall–Kier alpha value is -1.27. The summed E-state index contributed by atoms with van der Waals surface area (Å²) in [7, 11) is 0. The lowest BCUT2D eigenvalue weighted by atomic mass is 10.2. The summed E-state index contributed by atoms with van der Waals surface area (Å²) in [5.41, 5.74) is 6.75. The topological polar surface area (TPSA) is 77.8 Å². The van der Waals surface area contributed by atoms with Gasteiger partial charge in [0, 0.05) is 0 Å². The summed E-state index contributed by atoms with van der Waals surface area (Å²) in [6.45, 7) is 5.88. The van der Waals surface area contributed by atoms with Crippen LogP contribution in [0.15, 0.2) is 4.52 Å². The molecule has 0 aromatic carbocycles. The van der Waals surface area contributed by atoms with E-state index in [-0.39, 0.29) is 6.04 Å². The normalized spacial score (nSPS) is 13.0. The smallest absolute Gasteiger partial charge is 0.269 e. The molecule has 16 heavy (non-hydrogen) atoms. The Morgan fingerprint density at radius 2 is 2.12 bits per heavy atom. The Morgan fingerprint density at radius 1 is 1.38 bits per heavy atom. The van der Waals surface area contributed by atoms with Gasteiger partial charge in [-0.15, -0.1) is 11.3 Å². The molecule has 0 saturated carbocycles. The predicted molar refractivity (Wildman–Crippen MR) is 62.1 cm³/mol. The maximum Gasteiger partial charge on any atom is 0.269 e. The highest BCUT2D eigenvalue weighted by Crippen LogP contribution is 2.28. The Balaban J connectivity index is 2.35. The van der Waals surface area contributed by atoms with E-state index in [1.165, 1.54) is 0 Å². The fourth-order valence-corrected chi connectivity index (χ4v) is 2.23. The van der Waals surface area contributed by atoms with Gasteiger partial charge in [0.25, 0.3) is 5.89 Å². The highest BCUT2D eigenvalue weighted by atomic mass is 32.1. The monoisotopic (exact) mass is 238 g/mol. The Bertz CT molecular complexity index is 491. The molecular formula is C10H14N4OS. The summed E-state index contributed by atoms with van der Waals surface area (Å²) in [5, 5.41) is 4.87. The van der Waals surface area contributed by atoms with E-state index in [0.29, 0.717) is 11.7 Å². The molecule has 2 rings (SSSR count). The third kappa shape index (κ3) is 1.98. The fourth-order valence-electron chi connectivity index (χ4n) is 1.39. The van der Waals surface area contributed by atoms with Crippen LogP contribution in [0, 0.1) is 13.8 Å². The van der Waals surface area contributed by atoms with Crippen LogP contribution in [0.3, 0.4) is 0 Å². The summed E-state index contributed by atoms with van der Waals surface area (Å²) >= 11 is 1.55. The highest BCUT2D eigenvalue weighted by molar-refractivity contribution is 7.15. The Kier molecular flexibility index (Phi) is 3.02. The molecule has 0 radical (unpaired) electrons. The average Bonchev–Trinajstić information content (AvgIpc) is 2.83. The summed E-state index contributed by atoms with van der Waals surface area (Å²) in [4.78, 5) is 9.54. The van der Waals surface area contributed by atoms with E-state index >= 15 is 0 Å². The van der Waals surface area contributed by atoms with Crippen LogP contribution in [0.25, 0.3) is 10.8 Å². The molecule has 0 fully saturated rings. The minimum Gasteiger partial charge on any atom is -0.333 e. The molecule has 2 N–H and O–H groups in total. The molecule has 86 valence electrons. The number of aromatic nitrogens is 3. The molecule has 0 amide bonds. The number of nitrogens with zero attached hydrogens (tertiary/aromatic N) is 3. The van der Waals surface area contributed by atoms with E-state index in [2.05, 4.69) is 15.1 Å². The minimum atomic E-state index is -0.160. The highest BCUT2D eigenvalue weighted by Gasteiger charge is 2.17. The second-order valence-corrected chi connectivity index (χ2v) is 4.82. The van der Waals surface area contributed by atoms with Crippen molar-refractivity contribution in [3.05, 3.63) is 16.5 Å². The fraction of sp³-hybridized carbons (Fsp3) is 0.500. The van der Waals surface area contributed by atoms with Gasteiger partial charge < -0.3 is 10.3 Å². The van der Waals surface area contributed by atoms with Crippen LogP contribution < -0.4 is 5.73 Å². The lowest BCUT2D eigenvalue weighted by Crippen LogP contribution is -2.10. The van der Waals surface area contributed by atoms with Crippen LogP contribution >= 0.6 is 11.3 Å². The molecule has 2 heterocycles. The van der Waals surface area contributed by atoms with Gasteiger partial charge in [0.15, 0.2) is 5.82 Å². The van der Waals surface area contributed by atoms with Gasteiger partial charge in [-0.25, -0.2) is 4.98 Å². The summed E-state index contributed by atoms with van der Waals surface area (Å²) < 4.78 is 5.20. The lowest BCUT2D eigenvalue weighted by Gasteiger charge is -1.99. The molecule has 0 aliphatic rings. The number of thiazole rings is 1. The van der Waals surface area contributed by atoms with Crippen LogP contribution in [-0.2, 0) is 0 Å². The number of nitrogens with two attached hydrogens (primary N) is 1. The predicted octanol–water partition coefficient (Wildman–Crippen LogP) is 2.22. The summed E-state index contributed by atoms with van der Waals surface area (Å²) in [5.74, 6) is 1.07. The van der Waals surface area contributed by atoms with Crippen LogP contribution in [0.5, 0.6) is 0 Å². The third-order valence-corrected chi connectivity index (χ3v) is 3.37. The van der Waals surface area contributed by atoms with E-state index in [9.17, 15) is 0 Å². The van der Waals surface area contributed by atoms with E-state index in [4.69, 9.17) is 10.3 Å². The largest absolute Gasteiger partial charge is 0.333 e. The first kappa shape index (κ1) is 11.2. The molecule has 1 atom stereocenters. The van der Waals surface area contributed by atoms with Gasteiger partial charge in [-0.1, -0.05) is 12.1 Å². The first-order valence-electron chi connectivity index (χ1n) is 5.15. The van der Waals surface area contributed by atoms with Crippen LogP contribution in [0.1, 0.15) is 35.9 Å². The van der Waals surface area contributed by atoms with Gasteiger partial charge in [-0.2, -0.15) is 4.98 Å². The van der Waals surface area contributed by atoms with Crippen LogP contribution in [0.2, 0.25) is 0 Å². The maximum absolute atomic E-state index is 5.83. The van der Waals surface area contributed by atoms with E-state index in [1.807, 2.05) is 20.8 Å². The molecular weight excluding hydrogens is 224 g/mol. The molecule has 0 aliphatic heterocycles. The van der Waals surface area contributed by atoms with Gasteiger partial charge in [-0.3, -0.25) is 0 Å². The quantitative estimate of drug-likeness (QED) is 0.887. The van der Waals surface area contributed by atoms with Crippen molar-refractivity contribution in [1.29, 1.82) is 0 Å². The van der Waals surface area contributed by atoms with Crippen molar-refractivity contribution in [3.63, 3.8) is 0 Å². The van der Waals surface area contributed by atoms with Crippen LogP contribution in [0.4, 0.5) is 0 Å². The number of hydrogen-bond donors (Lipinski definition) is 1. The summed E-state index contributed by atoms with van der Waals surface area (Å²) in [6.07, 6.45) is 0.791. The van der Waals surface area contributed by atoms with Crippen molar-refractivity contribution in [2.45, 2.75) is 33.2 Å². The van der Waals surface area contributed by atoms with Crippen molar-refractivity contribution in [2.24, 2.45) is 5.73 Å². The van der Waals surface area contributed by atoms with Crippen LogP contribution in [-0.4, -0.2) is 15.1 Å². The number of rotatable bonds is 3. The maximum atomic E-state index is 5.83. The van der Waals surface area contributed by atoms with E-state index in [1.54, 1.807) is 11.3 Å². The molecule has 0 bridgehead atoms. The summed E-state index contributed by atoms with van der Waals surface area (Å²) in [6, 6.07) is -0.160. The van der Waals surface area contributed by atoms with Gasteiger partial charge in [0.1, 0.15) is 4.88 Å². The van der Waals surface area contributed by atoms with Crippen molar-refractivity contribution in [2.75, 3.05) is 0 Å². The van der Waals surface area contributed by atoms with E-state index < -0.39 is 0 Å². The molecule has 0 spiro atoms. The van der Waals surface area contributed by atoms with Gasteiger partial charge in [0.05, 0.1) is 16.7 Å². The number of aryl methyl sites for hydroxylation is 2. The average molecular weight is 238 g/mol. The van der Waals surface area contributed by atoms with Crippen molar-refractivity contribution >= 4 is 11.3 Å². The second-order valence-electron chi connectivity index (χ2n) is 3.62. The molecule has 0 saturated heterocycles. The zero-order valence-corrected chi connectivity index (χ0v) is 10.3. The molecule has 2 aromatic rings. The van der Waals surface area contributed by atoms with Crippen molar-refractivity contribution < 1.29 is 4.52 Å². The molecule has 6 heteroatoms. The van der Waals surface area contributed by atoms with E-state index in [0.717, 1.165) is 22.0 Å². The first-order valence-corrected chi connectivity index (χ1v) is 5.97. The SMILES string of the molecule is CCC(N)c1noc(-c2sc(C)nc2C)n1. The van der Waals surface area contributed by atoms with Gasteiger partial charge in [0.2, 0.25) is 0 Å². The van der Waals surface area contributed by atoms with Gasteiger partial charge in [-0.05, 0) is 20.3 Å². The molecule has 2 aromatic heterocycles. The van der Waals surface area contributed by atoms with Crippen molar-refractivity contribution in [1.82, 2.24) is 15.1 Å². The first-order chi connectivity index (χ1) is 7.61. The zero-order chi connectivity index (χ0) is 11.7. The third-order valence-electron chi connectivity index (χ3n) is 2.31. The van der Waals surface area contributed by atoms with Crippen molar-refractivity contribution in [3.8, 4) is 10.8 Å². The Labute approximate surface area is 97.7 Å². The standard InChI is InChI=1S/C10H14N4OS/c1-4-7(11)9-13-10(15-14-9)8-5(2)12-6(3)16-8/h7H,4,11H2,1-3H3. The second kappa shape index (κ2) is 4.31.